The molecule has 6 rings (SSSR count). The summed E-state index contributed by atoms with van der Waals surface area (Å²) in [5.74, 6) is 2.11. The van der Waals surface area contributed by atoms with Gasteiger partial charge in [-0.2, -0.15) is 0 Å². The minimum atomic E-state index is -0.868. The molecule has 4 aliphatic carbocycles. The zero-order chi connectivity index (χ0) is 24.4. The van der Waals surface area contributed by atoms with E-state index >= 15 is 0 Å². The highest BCUT2D eigenvalue weighted by molar-refractivity contribution is 7.13. The molecule has 0 saturated heterocycles. The van der Waals surface area contributed by atoms with E-state index in [1.807, 2.05) is 12.1 Å². The molecular weight excluding hydrogens is 452 g/mol. The van der Waals surface area contributed by atoms with Crippen molar-refractivity contribution in [2.75, 3.05) is 11.4 Å². The monoisotopic (exact) mass is 490 g/mol. The van der Waals surface area contributed by atoms with Crippen LogP contribution in [0.4, 0.5) is 10.8 Å². The third-order valence-electron chi connectivity index (χ3n) is 10.6. The van der Waals surface area contributed by atoms with Gasteiger partial charge in [0.2, 0.25) is 0 Å². The van der Waals surface area contributed by atoms with Gasteiger partial charge in [-0.05, 0) is 93.2 Å². The largest absolute Gasteiger partial charge is 0.383 e. The number of carbonyl (C=O) groups is 1. The number of allylic oxidation sites excluding steroid dienone is 1. The average Bonchev–Trinajstić information content (AvgIpc) is 3.45. The van der Waals surface area contributed by atoms with E-state index in [2.05, 4.69) is 55.3 Å². The number of carbonyl (C=O) groups excluding carboxylic acids is 1. The summed E-state index contributed by atoms with van der Waals surface area (Å²) in [7, 11) is 0. The number of aliphatic hydroxyl groups is 1. The molecule has 5 heteroatoms. The Morgan fingerprint density at radius 1 is 1.06 bits per heavy atom. The fourth-order valence-corrected chi connectivity index (χ4v) is 9.59. The van der Waals surface area contributed by atoms with Crippen molar-refractivity contribution in [3.05, 3.63) is 53.1 Å². The molecule has 0 bridgehead atoms. The van der Waals surface area contributed by atoms with Gasteiger partial charge in [-0.3, -0.25) is 4.79 Å². The first-order valence-corrected chi connectivity index (χ1v) is 14.4. The van der Waals surface area contributed by atoms with Crippen LogP contribution in [0.25, 0.3) is 0 Å². The van der Waals surface area contributed by atoms with Crippen molar-refractivity contribution in [3.8, 4) is 0 Å². The van der Waals surface area contributed by atoms with Crippen molar-refractivity contribution in [2.45, 2.75) is 77.7 Å². The predicted molar refractivity (Wildman–Crippen MR) is 142 cm³/mol. The summed E-state index contributed by atoms with van der Waals surface area (Å²) in [5, 5.41) is 15.4. The highest BCUT2D eigenvalue weighted by Gasteiger charge is 2.65. The van der Waals surface area contributed by atoms with Crippen LogP contribution in [0, 0.1) is 28.6 Å². The molecule has 3 fully saturated rings. The Kier molecular flexibility index (Phi) is 5.54. The molecule has 1 aromatic carbocycles. The summed E-state index contributed by atoms with van der Waals surface area (Å²) in [6.07, 6.45) is 9.97. The molecule has 186 valence electrons. The van der Waals surface area contributed by atoms with Gasteiger partial charge >= 0.3 is 0 Å². The van der Waals surface area contributed by atoms with Crippen molar-refractivity contribution in [1.82, 2.24) is 4.98 Å². The van der Waals surface area contributed by atoms with Crippen LogP contribution in [0.2, 0.25) is 0 Å². The number of rotatable bonds is 4. The maximum Gasteiger partial charge on any atom is 0.190 e. The van der Waals surface area contributed by atoms with Gasteiger partial charge in [-0.15, -0.1) is 11.3 Å². The molecule has 1 aromatic heterocycles. The Bertz CT molecular complexity index is 1160. The Balaban J connectivity index is 1.30. The number of para-hydroxylation sites is 1. The summed E-state index contributed by atoms with van der Waals surface area (Å²) < 4.78 is 0. The van der Waals surface area contributed by atoms with Crippen LogP contribution < -0.4 is 4.90 Å². The minimum absolute atomic E-state index is 0.147. The van der Waals surface area contributed by atoms with E-state index in [4.69, 9.17) is 4.98 Å². The molecule has 1 heterocycles. The highest BCUT2D eigenvalue weighted by Crippen LogP contribution is 2.69. The second-order valence-electron chi connectivity index (χ2n) is 11.9. The molecule has 3 saturated carbocycles. The highest BCUT2D eigenvalue weighted by atomic mass is 32.1. The summed E-state index contributed by atoms with van der Waals surface area (Å²) in [6.45, 7) is 7.78. The molecule has 2 aromatic rings. The van der Waals surface area contributed by atoms with E-state index in [0.29, 0.717) is 30.0 Å². The Hall–Kier alpha value is -1.98. The summed E-state index contributed by atoms with van der Waals surface area (Å²) in [4.78, 5) is 19.5. The number of hydrogen-bond acceptors (Lipinski definition) is 5. The maximum absolute atomic E-state index is 12.3. The Labute approximate surface area is 213 Å². The fraction of sp³-hybridized carbons (Fsp3) is 0.600. The van der Waals surface area contributed by atoms with Crippen LogP contribution in [0.3, 0.4) is 0 Å². The van der Waals surface area contributed by atoms with Crippen LogP contribution in [-0.4, -0.2) is 22.4 Å². The first-order chi connectivity index (χ1) is 16.8. The molecule has 4 nitrogen and oxygen atoms in total. The fourth-order valence-electron chi connectivity index (χ4n) is 8.61. The van der Waals surface area contributed by atoms with Gasteiger partial charge in [0.15, 0.2) is 10.9 Å². The summed E-state index contributed by atoms with van der Waals surface area (Å²) in [5.41, 5.74) is 2.59. The molecule has 0 amide bonds. The summed E-state index contributed by atoms with van der Waals surface area (Å²) >= 11 is 1.65. The van der Waals surface area contributed by atoms with Crippen molar-refractivity contribution in [1.29, 1.82) is 0 Å². The van der Waals surface area contributed by atoms with Crippen molar-refractivity contribution in [3.63, 3.8) is 0 Å². The quantitative estimate of drug-likeness (QED) is 0.500. The first kappa shape index (κ1) is 23.4. The molecular formula is C30H38N2O2S. The van der Waals surface area contributed by atoms with Gasteiger partial charge < -0.3 is 10.0 Å². The lowest BCUT2D eigenvalue weighted by Gasteiger charge is -2.59. The van der Waals surface area contributed by atoms with Gasteiger partial charge in [0.05, 0.1) is 5.69 Å². The van der Waals surface area contributed by atoms with E-state index in [1.54, 1.807) is 11.3 Å². The lowest BCUT2D eigenvalue weighted by Crippen LogP contribution is -2.53. The van der Waals surface area contributed by atoms with Crippen molar-refractivity contribution in [2.24, 2.45) is 28.6 Å². The number of aromatic nitrogens is 1. The number of ketones is 1. The van der Waals surface area contributed by atoms with Crippen molar-refractivity contribution >= 4 is 27.9 Å². The van der Waals surface area contributed by atoms with Crippen molar-refractivity contribution < 1.29 is 9.90 Å². The molecule has 35 heavy (non-hydrogen) atoms. The number of benzene rings is 1. The second-order valence-corrected chi connectivity index (χ2v) is 12.8. The normalized spacial score (nSPS) is 38.3. The number of nitrogens with zero attached hydrogens (tertiary/aromatic N) is 2. The third kappa shape index (κ3) is 3.33. The topological polar surface area (TPSA) is 53.4 Å². The molecule has 1 N–H and O–H groups in total. The van der Waals surface area contributed by atoms with E-state index in [-0.39, 0.29) is 10.8 Å². The number of hydrogen-bond donors (Lipinski definition) is 1. The lowest BCUT2D eigenvalue weighted by molar-refractivity contribution is -0.135. The smallest absolute Gasteiger partial charge is 0.190 e. The molecule has 6 atom stereocenters. The molecule has 0 radical (unpaired) electrons. The first-order valence-electron chi connectivity index (χ1n) is 13.5. The molecule has 0 spiro atoms. The van der Waals surface area contributed by atoms with Crippen LogP contribution in [0.15, 0.2) is 47.4 Å². The number of anilines is 2. The van der Waals surface area contributed by atoms with E-state index in [1.165, 1.54) is 5.57 Å². The molecule has 0 aliphatic heterocycles. The van der Waals surface area contributed by atoms with Gasteiger partial charge in [0.25, 0.3) is 0 Å². The zero-order valence-corrected chi connectivity index (χ0v) is 22.1. The number of fused-ring (bicyclic) bond motifs is 5. The van der Waals surface area contributed by atoms with Crippen LogP contribution in [0.5, 0.6) is 0 Å². The zero-order valence-electron chi connectivity index (χ0n) is 21.3. The van der Waals surface area contributed by atoms with E-state index in [9.17, 15) is 9.90 Å². The minimum Gasteiger partial charge on any atom is -0.383 e. The third-order valence-corrected chi connectivity index (χ3v) is 11.5. The van der Waals surface area contributed by atoms with E-state index < -0.39 is 5.60 Å². The Morgan fingerprint density at radius 3 is 2.60 bits per heavy atom. The SMILES string of the molecule is CCN(c1ccccc1)c1nc([C@@]2(O)CC[C@H]3[C@@H]4CCC5=CC(=O)CC[C@]5(C)[C@H]4CC[C@@]32C)cs1. The van der Waals surface area contributed by atoms with Gasteiger partial charge in [-0.25, -0.2) is 4.98 Å². The summed E-state index contributed by atoms with van der Waals surface area (Å²) in [6, 6.07) is 10.4. The standard InChI is InChI=1S/C30H38N2O2S/c1-4-32(21-8-6-5-7-9-21)27-31-26(19-35-27)30(34)17-14-25-23-11-10-20-18-22(33)12-15-28(20,2)24(23)13-16-29(25,30)3/h5-9,18-19,23-25,34H,4,10-17H2,1-3H3/t23-,24+,25+,28+,29+,30+/m1/s1. The number of thiazole rings is 1. The predicted octanol–water partition coefficient (Wildman–Crippen LogP) is 7.02. The van der Waals surface area contributed by atoms with Crippen LogP contribution in [-0.2, 0) is 10.4 Å². The van der Waals surface area contributed by atoms with Gasteiger partial charge in [0.1, 0.15) is 5.60 Å². The van der Waals surface area contributed by atoms with Crippen LogP contribution >= 0.6 is 11.3 Å². The van der Waals surface area contributed by atoms with Gasteiger partial charge in [0, 0.05) is 29.4 Å². The maximum atomic E-state index is 12.3. The molecule has 4 aliphatic rings. The Morgan fingerprint density at radius 2 is 1.83 bits per heavy atom. The van der Waals surface area contributed by atoms with E-state index in [0.717, 1.165) is 68.0 Å². The molecule has 0 unspecified atom stereocenters. The van der Waals surface area contributed by atoms with Crippen LogP contribution in [0.1, 0.15) is 77.8 Å². The van der Waals surface area contributed by atoms with Gasteiger partial charge in [-0.1, -0.05) is 37.6 Å². The second kappa shape index (κ2) is 8.27. The average molecular weight is 491 g/mol. The lowest BCUT2D eigenvalue weighted by atomic mass is 9.46.